The molecule has 3 aromatic rings. The van der Waals surface area contributed by atoms with Gasteiger partial charge in [0.1, 0.15) is 0 Å². The maximum absolute atomic E-state index is 13.2. The van der Waals surface area contributed by atoms with Gasteiger partial charge in [0.05, 0.1) is 11.6 Å². The van der Waals surface area contributed by atoms with Crippen molar-refractivity contribution < 1.29 is 9.90 Å². The molecule has 1 heterocycles. The molecule has 1 N–H and O–H groups in total. The topological polar surface area (TPSA) is 64.3 Å². The Bertz CT molecular complexity index is 1100. The number of rotatable bonds is 3. The van der Waals surface area contributed by atoms with Crippen molar-refractivity contribution in [2.24, 2.45) is 0 Å². The Labute approximate surface area is 172 Å². The molecule has 3 aromatic carbocycles. The van der Waals surface area contributed by atoms with Crippen LogP contribution in [0.2, 0.25) is 10.0 Å². The molecule has 138 valence electrons. The number of amides is 1. The Hall–Kier alpha value is -2.84. The minimum Gasteiger partial charge on any atom is -0.363 e. The highest BCUT2D eigenvalue weighted by Gasteiger charge is 2.51. The summed E-state index contributed by atoms with van der Waals surface area (Å²) < 4.78 is 0. The van der Waals surface area contributed by atoms with Crippen LogP contribution in [0.15, 0.2) is 66.7 Å². The zero-order chi connectivity index (χ0) is 19.9. The fourth-order valence-electron chi connectivity index (χ4n) is 3.52. The van der Waals surface area contributed by atoms with Crippen LogP contribution in [-0.4, -0.2) is 15.9 Å². The number of carbonyl (C=O) groups excluding carboxylic acids is 1. The van der Waals surface area contributed by atoms with Gasteiger partial charge in [-0.2, -0.15) is 5.26 Å². The second kappa shape index (κ2) is 6.96. The first-order valence-corrected chi connectivity index (χ1v) is 9.29. The minimum absolute atomic E-state index is 0.147. The molecule has 1 aliphatic heterocycles. The Kier molecular flexibility index (Phi) is 4.60. The van der Waals surface area contributed by atoms with Gasteiger partial charge in [-0.25, -0.2) is 0 Å². The SMILES string of the molecule is N#Cc1ccc(CN2C(=O)c3cccc(Cl)c3C2(O)c2ccc(Cl)cc2)cc1. The summed E-state index contributed by atoms with van der Waals surface area (Å²) in [5, 5.41) is 21.6. The molecule has 0 spiro atoms. The van der Waals surface area contributed by atoms with Crippen LogP contribution in [0.1, 0.15) is 32.6 Å². The number of carbonyl (C=O) groups is 1. The van der Waals surface area contributed by atoms with Gasteiger partial charge < -0.3 is 5.11 Å². The average molecular weight is 409 g/mol. The van der Waals surface area contributed by atoms with E-state index in [0.29, 0.717) is 32.3 Å². The summed E-state index contributed by atoms with van der Waals surface area (Å²) in [5.41, 5.74) is 0.782. The third-order valence-electron chi connectivity index (χ3n) is 4.90. The van der Waals surface area contributed by atoms with Crippen LogP contribution < -0.4 is 0 Å². The molecule has 4 nitrogen and oxygen atoms in total. The molecule has 1 amide bonds. The number of fused-ring (bicyclic) bond motifs is 1. The third kappa shape index (κ3) is 2.85. The van der Waals surface area contributed by atoms with Crippen molar-refractivity contribution in [2.75, 3.05) is 0 Å². The fraction of sp³-hybridized carbons (Fsp3) is 0.0909. The van der Waals surface area contributed by atoms with Crippen molar-refractivity contribution in [3.63, 3.8) is 0 Å². The first-order valence-electron chi connectivity index (χ1n) is 8.53. The summed E-state index contributed by atoms with van der Waals surface area (Å²) in [7, 11) is 0. The summed E-state index contributed by atoms with van der Waals surface area (Å²) >= 11 is 12.4. The highest BCUT2D eigenvalue weighted by Crippen LogP contribution is 2.46. The fourth-order valence-corrected chi connectivity index (χ4v) is 3.95. The number of hydrogen-bond donors (Lipinski definition) is 1. The molecule has 1 atom stereocenters. The van der Waals surface area contributed by atoms with E-state index in [9.17, 15) is 9.90 Å². The number of halogens is 2. The van der Waals surface area contributed by atoms with Crippen LogP contribution in [0, 0.1) is 11.3 Å². The van der Waals surface area contributed by atoms with E-state index in [1.807, 2.05) is 0 Å². The summed E-state index contributed by atoms with van der Waals surface area (Å²) in [4.78, 5) is 14.5. The molecule has 0 fully saturated rings. The van der Waals surface area contributed by atoms with Crippen LogP contribution in [-0.2, 0) is 12.3 Å². The Morgan fingerprint density at radius 3 is 2.32 bits per heavy atom. The highest BCUT2D eigenvalue weighted by atomic mass is 35.5. The smallest absolute Gasteiger partial charge is 0.257 e. The summed E-state index contributed by atoms with van der Waals surface area (Å²) in [6.07, 6.45) is 0. The lowest BCUT2D eigenvalue weighted by Crippen LogP contribution is -2.44. The zero-order valence-corrected chi connectivity index (χ0v) is 16.1. The van der Waals surface area contributed by atoms with Crippen LogP contribution in [0.25, 0.3) is 0 Å². The predicted molar refractivity (Wildman–Crippen MR) is 107 cm³/mol. The van der Waals surface area contributed by atoms with Gasteiger partial charge in [0.25, 0.3) is 5.91 Å². The number of benzene rings is 3. The first kappa shape index (κ1) is 18.5. The van der Waals surface area contributed by atoms with E-state index in [4.69, 9.17) is 28.5 Å². The van der Waals surface area contributed by atoms with Crippen LogP contribution in [0.3, 0.4) is 0 Å². The van der Waals surface area contributed by atoms with Crippen molar-refractivity contribution in [1.29, 1.82) is 5.26 Å². The van der Waals surface area contributed by atoms with E-state index in [0.717, 1.165) is 5.56 Å². The summed E-state index contributed by atoms with van der Waals surface area (Å²) in [5.74, 6) is -0.320. The molecular formula is C22H14Cl2N2O2. The standard InChI is InChI=1S/C22H14Cl2N2O2/c23-17-10-8-16(9-11-17)22(28)20-18(2-1-3-19(20)24)21(27)26(22)13-15-6-4-14(12-25)5-7-15/h1-11,28H,13H2. The van der Waals surface area contributed by atoms with E-state index in [-0.39, 0.29) is 12.5 Å². The molecule has 0 saturated carbocycles. The lowest BCUT2D eigenvalue weighted by atomic mass is 9.93. The second-order valence-electron chi connectivity index (χ2n) is 6.54. The Balaban J connectivity index is 1.86. The maximum Gasteiger partial charge on any atom is 0.257 e. The van der Waals surface area contributed by atoms with Crippen LogP contribution >= 0.6 is 23.2 Å². The molecular weight excluding hydrogens is 395 g/mol. The molecule has 0 aromatic heterocycles. The summed E-state index contributed by atoms with van der Waals surface area (Å²) in [6, 6.07) is 20.6. The maximum atomic E-state index is 13.2. The molecule has 0 radical (unpaired) electrons. The largest absolute Gasteiger partial charge is 0.363 e. The molecule has 28 heavy (non-hydrogen) atoms. The molecule has 0 bridgehead atoms. The van der Waals surface area contributed by atoms with Crippen molar-refractivity contribution in [3.05, 3.63) is 105 Å². The Morgan fingerprint density at radius 1 is 1.00 bits per heavy atom. The van der Waals surface area contributed by atoms with Crippen LogP contribution in [0.5, 0.6) is 0 Å². The zero-order valence-electron chi connectivity index (χ0n) is 14.6. The van der Waals surface area contributed by atoms with Gasteiger partial charge in [-0.1, -0.05) is 53.5 Å². The van der Waals surface area contributed by atoms with Gasteiger partial charge in [-0.05, 0) is 42.0 Å². The molecule has 1 aliphatic rings. The molecule has 4 rings (SSSR count). The molecule has 6 heteroatoms. The van der Waals surface area contributed by atoms with Gasteiger partial charge in [-0.15, -0.1) is 0 Å². The molecule has 0 aliphatic carbocycles. The van der Waals surface area contributed by atoms with Gasteiger partial charge in [-0.3, -0.25) is 9.69 Å². The van der Waals surface area contributed by atoms with E-state index >= 15 is 0 Å². The van der Waals surface area contributed by atoms with E-state index in [1.165, 1.54) is 4.90 Å². The van der Waals surface area contributed by atoms with Crippen molar-refractivity contribution in [2.45, 2.75) is 12.3 Å². The highest BCUT2D eigenvalue weighted by molar-refractivity contribution is 6.32. The van der Waals surface area contributed by atoms with Crippen molar-refractivity contribution >= 4 is 29.1 Å². The third-order valence-corrected chi connectivity index (χ3v) is 5.47. The average Bonchev–Trinajstić information content (AvgIpc) is 2.93. The van der Waals surface area contributed by atoms with Crippen molar-refractivity contribution in [3.8, 4) is 6.07 Å². The second-order valence-corrected chi connectivity index (χ2v) is 7.39. The van der Waals surface area contributed by atoms with Gasteiger partial charge in [0.2, 0.25) is 0 Å². The van der Waals surface area contributed by atoms with Crippen LogP contribution in [0.4, 0.5) is 0 Å². The monoisotopic (exact) mass is 408 g/mol. The minimum atomic E-state index is -1.73. The predicted octanol–water partition coefficient (Wildman–Crippen LogP) is 4.71. The van der Waals surface area contributed by atoms with Gasteiger partial charge in [0.15, 0.2) is 5.72 Å². The Morgan fingerprint density at radius 2 is 1.68 bits per heavy atom. The van der Waals surface area contributed by atoms with E-state index in [1.54, 1.807) is 66.7 Å². The number of hydrogen-bond acceptors (Lipinski definition) is 3. The first-order chi connectivity index (χ1) is 13.4. The lowest BCUT2D eigenvalue weighted by Gasteiger charge is -2.35. The van der Waals surface area contributed by atoms with E-state index < -0.39 is 5.72 Å². The number of nitriles is 1. The quantitative estimate of drug-likeness (QED) is 0.681. The molecule has 1 unspecified atom stereocenters. The van der Waals surface area contributed by atoms with Gasteiger partial charge >= 0.3 is 0 Å². The van der Waals surface area contributed by atoms with E-state index in [2.05, 4.69) is 6.07 Å². The van der Waals surface area contributed by atoms with Crippen molar-refractivity contribution in [1.82, 2.24) is 4.90 Å². The normalized spacial score (nSPS) is 18.1. The lowest BCUT2D eigenvalue weighted by molar-refractivity contribution is -0.0542. The number of aliphatic hydroxyl groups is 1. The molecule has 0 saturated heterocycles. The number of nitrogens with zero attached hydrogens (tertiary/aromatic N) is 2. The summed E-state index contributed by atoms with van der Waals surface area (Å²) in [6.45, 7) is 0.147. The van der Waals surface area contributed by atoms with Gasteiger partial charge in [0, 0.05) is 33.3 Å².